The molecule has 1 aliphatic rings. The zero-order valence-electron chi connectivity index (χ0n) is 11.1. The van der Waals surface area contributed by atoms with Crippen LogP contribution in [0, 0.1) is 0 Å². The van der Waals surface area contributed by atoms with E-state index in [1.165, 1.54) is 0 Å². The number of hydroxylamine groups is 2. The normalized spacial score (nSPS) is 18.6. The van der Waals surface area contributed by atoms with Crippen LogP contribution in [0.3, 0.4) is 0 Å². The van der Waals surface area contributed by atoms with Gasteiger partial charge in [-0.05, 0) is 6.42 Å². The van der Waals surface area contributed by atoms with Crippen LogP contribution >= 0.6 is 0 Å². The number of carbonyl (C=O) groups is 3. The van der Waals surface area contributed by atoms with Gasteiger partial charge in [-0.2, -0.15) is 8.42 Å². The summed E-state index contributed by atoms with van der Waals surface area (Å²) in [5, 5.41) is -1.76. The van der Waals surface area contributed by atoms with Gasteiger partial charge in [0.2, 0.25) is 0 Å². The summed E-state index contributed by atoms with van der Waals surface area (Å²) in [7, 11) is -4.68. The zero-order chi connectivity index (χ0) is 15.3. The minimum absolute atomic E-state index is 0. The number of imide groups is 1. The van der Waals surface area contributed by atoms with Crippen molar-refractivity contribution in [3.05, 3.63) is 0 Å². The Bertz CT molecular complexity index is 505. The molecule has 1 saturated heterocycles. The first-order chi connectivity index (χ1) is 9.27. The van der Waals surface area contributed by atoms with Crippen molar-refractivity contribution in [1.82, 2.24) is 5.06 Å². The SMILES string of the molecule is CCCCCCC(=O)ON1C(=O)CC(S(=O)(=O)O)C1=O.[NaH]. The Kier molecular flexibility index (Phi) is 8.64. The van der Waals surface area contributed by atoms with Crippen LogP contribution in [0.25, 0.3) is 0 Å². The topological polar surface area (TPSA) is 118 Å². The van der Waals surface area contributed by atoms with E-state index in [1.54, 1.807) is 0 Å². The molecule has 2 amide bonds. The van der Waals surface area contributed by atoms with Crippen molar-refractivity contribution < 1.29 is 32.2 Å². The van der Waals surface area contributed by atoms with Crippen LogP contribution in [0.1, 0.15) is 45.4 Å². The Hall–Kier alpha value is -0.480. The first-order valence-electron chi connectivity index (χ1n) is 6.31. The van der Waals surface area contributed by atoms with Crippen molar-refractivity contribution in [2.45, 2.75) is 50.7 Å². The van der Waals surface area contributed by atoms with E-state index in [-0.39, 0.29) is 41.0 Å². The van der Waals surface area contributed by atoms with E-state index in [4.69, 9.17) is 4.55 Å². The number of hydrogen-bond acceptors (Lipinski definition) is 6. The zero-order valence-corrected chi connectivity index (χ0v) is 11.9. The van der Waals surface area contributed by atoms with Gasteiger partial charge < -0.3 is 4.84 Å². The molecule has 0 aromatic carbocycles. The van der Waals surface area contributed by atoms with Gasteiger partial charge in [0, 0.05) is 6.42 Å². The van der Waals surface area contributed by atoms with Gasteiger partial charge in [0.05, 0.1) is 6.42 Å². The summed E-state index contributed by atoms with van der Waals surface area (Å²) < 4.78 is 30.6. The van der Waals surface area contributed by atoms with E-state index in [0.29, 0.717) is 6.42 Å². The van der Waals surface area contributed by atoms with Gasteiger partial charge in [-0.1, -0.05) is 26.2 Å². The molecule has 1 fully saturated rings. The van der Waals surface area contributed by atoms with Crippen LogP contribution in [-0.2, 0) is 29.3 Å². The van der Waals surface area contributed by atoms with Gasteiger partial charge in [0.1, 0.15) is 0 Å². The van der Waals surface area contributed by atoms with Crippen LogP contribution in [0.15, 0.2) is 0 Å². The Balaban J connectivity index is 0.00000400. The van der Waals surface area contributed by atoms with E-state index < -0.39 is 39.6 Å². The van der Waals surface area contributed by atoms with Gasteiger partial charge in [0.15, 0.2) is 5.25 Å². The number of amides is 2. The molecule has 0 bridgehead atoms. The van der Waals surface area contributed by atoms with Gasteiger partial charge in [0.25, 0.3) is 21.9 Å². The van der Waals surface area contributed by atoms with Crippen LogP contribution in [0.5, 0.6) is 0 Å². The molecule has 0 aliphatic carbocycles. The van der Waals surface area contributed by atoms with E-state index in [0.717, 1.165) is 19.3 Å². The fourth-order valence-corrected chi connectivity index (χ4v) is 2.46. The number of carbonyl (C=O) groups excluding carboxylic acids is 3. The molecule has 0 saturated carbocycles. The van der Waals surface area contributed by atoms with Crippen molar-refractivity contribution >= 4 is 57.5 Å². The monoisotopic (exact) mass is 331 g/mol. The second-order valence-electron chi connectivity index (χ2n) is 4.51. The predicted molar refractivity (Wildman–Crippen MR) is 73.8 cm³/mol. The maximum absolute atomic E-state index is 11.6. The number of unbranched alkanes of at least 4 members (excludes halogenated alkanes) is 3. The van der Waals surface area contributed by atoms with E-state index in [2.05, 4.69) is 4.84 Å². The molecule has 1 rings (SSSR count). The Labute approximate surface area is 145 Å². The van der Waals surface area contributed by atoms with Gasteiger partial charge in [-0.15, -0.1) is 5.06 Å². The van der Waals surface area contributed by atoms with Gasteiger partial charge in [-0.25, -0.2) is 4.79 Å². The molecule has 0 aromatic heterocycles. The van der Waals surface area contributed by atoms with Crippen LogP contribution in [-0.4, -0.2) is 70.6 Å². The average Bonchev–Trinajstić information content (AvgIpc) is 2.62. The van der Waals surface area contributed by atoms with Crippen molar-refractivity contribution in [3.63, 3.8) is 0 Å². The summed E-state index contributed by atoms with van der Waals surface area (Å²) >= 11 is 0. The quantitative estimate of drug-likeness (QED) is 0.296. The summed E-state index contributed by atoms with van der Waals surface area (Å²) in [5.74, 6) is -2.97. The fourth-order valence-electron chi connectivity index (χ4n) is 1.75. The van der Waals surface area contributed by atoms with Gasteiger partial charge >= 0.3 is 35.5 Å². The molecule has 1 atom stereocenters. The van der Waals surface area contributed by atoms with E-state index in [9.17, 15) is 22.8 Å². The second kappa shape index (κ2) is 8.84. The maximum atomic E-state index is 11.6. The fraction of sp³-hybridized carbons (Fsp3) is 0.727. The number of hydrogen-bond donors (Lipinski definition) is 1. The summed E-state index contributed by atoms with van der Waals surface area (Å²) in [4.78, 5) is 39.0. The average molecular weight is 331 g/mol. The Morgan fingerprint density at radius 1 is 1.33 bits per heavy atom. The van der Waals surface area contributed by atoms with Gasteiger partial charge in [-0.3, -0.25) is 14.1 Å². The molecule has 1 heterocycles. The Morgan fingerprint density at radius 3 is 2.43 bits per heavy atom. The molecule has 1 unspecified atom stereocenters. The summed E-state index contributed by atoms with van der Waals surface area (Å²) in [6, 6.07) is 0. The van der Waals surface area contributed by atoms with Crippen molar-refractivity contribution in [1.29, 1.82) is 0 Å². The molecular weight excluding hydrogens is 313 g/mol. The molecule has 0 spiro atoms. The number of nitrogens with zero attached hydrogens (tertiary/aromatic N) is 1. The second-order valence-corrected chi connectivity index (χ2v) is 6.11. The summed E-state index contributed by atoms with van der Waals surface area (Å²) in [6.45, 7) is 2.01. The first-order valence-corrected chi connectivity index (χ1v) is 7.81. The third-order valence-corrected chi connectivity index (χ3v) is 3.94. The Morgan fingerprint density at radius 2 is 1.95 bits per heavy atom. The van der Waals surface area contributed by atoms with Crippen molar-refractivity contribution in [2.24, 2.45) is 0 Å². The van der Waals surface area contributed by atoms with Crippen molar-refractivity contribution in [3.8, 4) is 0 Å². The predicted octanol–water partition coefficient (Wildman–Crippen LogP) is -0.218. The standard InChI is InChI=1S/C11H17NO7S.Na.H/c1-2-3-4-5-6-10(14)19-12-9(13)7-8(11(12)15)20(16,17)18;;/h8H,2-7H2,1H3,(H,16,17,18);;. The molecule has 21 heavy (non-hydrogen) atoms. The van der Waals surface area contributed by atoms with Crippen LogP contribution in [0.2, 0.25) is 0 Å². The van der Waals surface area contributed by atoms with E-state index in [1.807, 2.05) is 6.92 Å². The summed E-state index contributed by atoms with van der Waals surface area (Å²) in [5.41, 5.74) is 0. The molecule has 1 N–H and O–H groups in total. The minimum atomic E-state index is -4.68. The molecule has 0 aromatic rings. The first kappa shape index (κ1) is 20.5. The molecular formula is C11H18NNaO7S. The molecule has 0 radical (unpaired) electrons. The van der Waals surface area contributed by atoms with Crippen LogP contribution < -0.4 is 0 Å². The molecule has 1 aliphatic heterocycles. The molecule has 116 valence electrons. The third-order valence-electron chi connectivity index (χ3n) is 2.85. The van der Waals surface area contributed by atoms with Crippen LogP contribution in [0.4, 0.5) is 0 Å². The summed E-state index contributed by atoms with van der Waals surface area (Å²) in [6.07, 6.45) is 2.65. The molecule has 10 heteroatoms. The third kappa shape index (κ3) is 6.03. The molecule has 8 nitrogen and oxygen atoms in total. The van der Waals surface area contributed by atoms with E-state index >= 15 is 0 Å². The number of rotatable bonds is 7. The van der Waals surface area contributed by atoms with Crippen molar-refractivity contribution in [2.75, 3.05) is 0 Å².